The maximum Gasteiger partial charge on any atom is 0.255 e. The number of rotatable bonds is 3. The van der Waals surface area contributed by atoms with Crippen LogP contribution in [0.25, 0.3) is 0 Å². The lowest BCUT2D eigenvalue weighted by atomic mass is 10.1. The van der Waals surface area contributed by atoms with Crippen LogP contribution in [0.5, 0.6) is 0 Å². The van der Waals surface area contributed by atoms with Gasteiger partial charge in [-0.25, -0.2) is 0 Å². The van der Waals surface area contributed by atoms with E-state index in [0.717, 1.165) is 6.54 Å². The van der Waals surface area contributed by atoms with Crippen molar-refractivity contribution in [1.29, 1.82) is 0 Å². The number of nitrogen functional groups attached to an aromatic ring is 1. The van der Waals surface area contributed by atoms with Crippen molar-refractivity contribution in [2.75, 3.05) is 19.3 Å². The van der Waals surface area contributed by atoms with E-state index < -0.39 is 0 Å². The highest BCUT2D eigenvalue weighted by Gasteiger charge is 2.25. The van der Waals surface area contributed by atoms with Gasteiger partial charge in [-0.1, -0.05) is 11.6 Å². The Labute approximate surface area is 100 Å². The first-order valence-corrected chi connectivity index (χ1v) is 5.76. The summed E-state index contributed by atoms with van der Waals surface area (Å²) >= 11 is 5.98. The molecule has 1 aliphatic rings. The monoisotopic (exact) mass is 238 g/mol. The average molecular weight is 239 g/mol. The Hall–Kier alpha value is -1.22. The minimum Gasteiger partial charge on any atom is -0.399 e. The quantitative estimate of drug-likeness (QED) is 0.822. The summed E-state index contributed by atoms with van der Waals surface area (Å²) in [5, 5.41) is 0.460. The van der Waals surface area contributed by atoms with Gasteiger partial charge in [-0.05, 0) is 37.0 Å². The minimum absolute atomic E-state index is 0.0517. The molecule has 0 bridgehead atoms. The summed E-state index contributed by atoms with van der Waals surface area (Å²) in [6.07, 6.45) is 2.45. The van der Waals surface area contributed by atoms with Gasteiger partial charge in [0.05, 0.1) is 10.6 Å². The predicted molar refractivity (Wildman–Crippen MR) is 65.5 cm³/mol. The van der Waals surface area contributed by atoms with Crippen LogP contribution in [0.3, 0.4) is 0 Å². The van der Waals surface area contributed by atoms with Crippen LogP contribution < -0.4 is 5.73 Å². The Morgan fingerprint density at radius 2 is 2.25 bits per heavy atom. The SMILES string of the molecule is CN(CC1CC1)C(=O)c1cc(N)ccc1Cl. The lowest BCUT2D eigenvalue weighted by molar-refractivity contribution is 0.0789. The molecule has 1 saturated carbocycles. The maximum absolute atomic E-state index is 12.1. The van der Waals surface area contributed by atoms with Gasteiger partial charge in [-0.2, -0.15) is 0 Å². The highest BCUT2D eigenvalue weighted by atomic mass is 35.5. The van der Waals surface area contributed by atoms with E-state index in [4.69, 9.17) is 17.3 Å². The Balaban J connectivity index is 2.14. The van der Waals surface area contributed by atoms with E-state index in [9.17, 15) is 4.79 Å². The molecule has 3 nitrogen and oxygen atoms in total. The molecule has 0 spiro atoms. The lowest BCUT2D eigenvalue weighted by Crippen LogP contribution is -2.29. The van der Waals surface area contributed by atoms with Crippen LogP contribution >= 0.6 is 11.6 Å². The smallest absolute Gasteiger partial charge is 0.255 e. The molecule has 1 aromatic rings. The highest BCUT2D eigenvalue weighted by molar-refractivity contribution is 6.33. The van der Waals surface area contributed by atoms with Crippen LogP contribution in [0, 0.1) is 5.92 Å². The molecule has 1 aromatic carbocycles. The van der Waals surface area contributed by atoms with Crippen LogP contribution in [0.1, 0.15) is 23.2 Å². The second-order valence-corrected chi connectivity index (χ2v) is 4.78. The van der Waals surface area contributed by atoms with Gasteiger partial charge in [0.1, 0.15) is 0 Å². The van der Waals surface area contributed by atoms with E-state index in [-0.39, 0.29) is 5.91 Å². The normalized spacial score (nSPS) is 14.9. The topological polar surface area (TPSA) is 46.3 Å². The van der Waals surface area contributed by atoms with E-state index in [1.54, 1.807) is 30.1 Å². The fourth-order valence-electron chi connectivity index (χ4n) is 1.68. The van der Waals surface area contributed by atoms with Crippen LogP contribution in [-0.4, -0.2) is 24.4 Å². The molecule has 86 valence electrons. The Kier molecular flexibility index (Phi) is 3.06. The number of nitrogens with zero attached hydrogens (tertiary/aromatic N) is 1. The van der Waals surface area contributed by atoms with E-state index >= 15 is 0 Å². The number of nitrogens with two attached hydrogens (primary N) is 1. The van der Waals surface area contributed by atoms with Crippen molar-refractivity contribution in [3.05, 3.63) is 28.8 Å². The average Bonchev–Trinajstić information content (AvgIpc) is 3.04. The number of halogens is 1. The second-order valence-electron chi connectivity index (χ2n) is 4.37. The predicted octanol–water partition coefficient (Wildman–Crippen LogP) is 2.40. The summed E-state index contributed by atoms with van der Waals surface area (Å²) in [5.41, 5.74) is 6.70. The van der Waals surface area contributed by atoms with Gasteiger partial charge in [-0.3, -0.25) is 4.79 Å². The van der Waals surface area contributed by atoms with Crippen molar-refractivity contribution in [2.24, 2.45) is 5.92 Å². The zero-order chi connectivity index (χ0) is 11.7. The molecule has 0 atom stereocenters. The molecule has 2 rings (SSSR count). The van der Waals surface area contributed by atoms with Gasteiger partial charge in [0.25, 0.3) is 5.91 Å². The first-order valence-electron chi connectivity index (χ1n) is 5.38. The lowest BCUT2D eigenvalue weighted by Gasteiger charge is -2.17. The molecule has 0 radical (unpaired) electrons. The number of amides is 1. The summed E-state index contributed by atoms with van der Waals surface area (Å²) in [6.45, 7) is 0.809. The summed E-state index contributed by atoms with van der Waals surface area (Å²) in [6, 6.07) is 4.99. The molecule has 1 aliphatic carbocycles. The van der Waals surface area contributed by atoms with E-state index in [1.807, 2.05) is 0 Å². The van der Waals surface area contributed by atoms with Gasteiger partial charge in [0.15, 0.2) is 0 Å². The fraction of sp³-hybridized carbons (Fsp3) is 0.417. The molecule has 0 aliphatic heterocycles. The summed E-state index contributed by atoms with van der Waals surface area (Å²) in [5.74, 6) is 0.623. The van der Waals surface area contributed by atoms with Crippen molar-refractivity contribution in [2.45, 2.75) is 12.8 Å². The van der Waals surface area contributed by atoms with Gasteiger partial charge in [0.2, 0.25) is 0 Å². The highest BCUT2D eigenvalue weighted by Crippen LogP contribution is 2.30. The minimum atomic E-state index is -0.0517. The van der Waals surface area contributed by atoms with Gasteiger partial charge in [0, 0.05) is 19.3 Å². The van der Waals surface area contributed by atoms with Crippen molar-refractivity contribution in [3.8, 4) is 0 Å². The first kappa shape index (κ1) is 11.3. The Bertz CT molecular complexity index is 415. The van der Waals surface area contributed by atoms with Crippen molar-refractivity contribution in [1.82, 2.24) is 4.90 Å². The fourth-order valence-corrected chi connectivity index (χ4v) is 1.88. The van der Waals surface area contributed by atoms with Crippen molar-refractivity contribution < 1.29 is 4.79 Å². The zero-order valence-corrected chi connectivity index (χ0v) is 10.00. The number of anilines is 1. The molecule has 1 amide bonds. The molecular weight excluding hydrogens is 224 g/mol. The summed E-state index contributed by atoms with van der Waals surface area (Å²) in [7, 11) is 1.81. The Morgan fingerprint density at radius 3 is 2.88 bits per heavy atom. The molecule has 0 aromatic heterocycles. The van der Waals surface area contributed by atoms with Crippen LogP contribution in [-0.2, 0) is 0 Å². The molecule has 4 heteroatoms. The number of carbonyl (C=O) groups is 1. The van der Waals surface area contributed by atoms with E-state index in [2.05, 4.69) is 0 Å². The summed E-state index contributed by atoms with van der Waals surface area (Å²) < 4.78 is 0. The van der Waals surface area contributed by atoms with Crippen molar-refractivity contribution >= 4 is 23.2 Å². The number of hydrogen-bond donors (Lipinski definition) is 1. The molecular formula is C12H15ClN2O. The van der Waals surface area contributed by atoms with Crippen LogP contribution in [0.15, 0.2) is 18.2 Å². The molecule has 0 unspecified atom stereocenters. The van der Waals surface area contributed by atoms with E-state index in [0.29, 0.717) is 22.2 Å². The largest absolute Gasteiger partial charge is 0.399 e. The van der Waals surface area contributed by atoms with Crippen LogP contribution in [0.4, 0.5) is 5.69 Å². The summed E-state index contributed by atoms with van der Waals surface area (Å²) in [4.78, 5) is 13.8. The third-order valence-electron chi connectivity index (χ3n) is 2.80. The molecule has 0 heterocycles. The number of benzene rings is 1. The number of hydrogen-bond acceptors (Lipinski definition) is 2. The van der Waals surface area contributed by atoms with Crippen molar-refractivity contribution in [3.63, 3.8) is 0 Å². The van der Waals surface area contributed by atoms with Crippen LogP contribution in [0.2, 0.25) is 5.02 Å². The zero-order valence-electron chi connectivity index (χ0n) is 9.24. The number of carbonyl (C=O) groups excluding carboxylic acids is 1. The molecule has 1 fully saturated rings. The Morgan fingerprint density at radius 1 is 1.56 bits per heavy atom. The van der Waals surface area contributed by atoms with Gasteiger partial charge >= 0.3 is 0 Å². The molecule has 0 saturated heterocycles. The standard InChI is InChI=1S/C12H15ClN2O/c1-15(7-8-2-3-8)12(16)10-6-9(14)4-5-11(10)13/h4-6,8H,2-3,7,14H2,1H3. The van der Waals surface area contributed by atoms with Gasteiger partial charge < -0.3 is 10.6 Å². The van der Waals surface area contributed by atoms with Gasteiger partial charge in [-0.15, -0.1) is 0 Å². The second kappa shape index (κ2) is 4.34. The third kappa shape index (κ3) is 2.47. The maximum atomic E-state index is 12.1. The molecule has 16 heavy (non-hydrogen) atoms. The van der Waals surface area contributed by atoms with E-state index in [1.165, 1.54) is 12.8 Å². The third-order valence-corrected chi connectivity index (χ3v) is 3.13. The molecule has 2 N–H and O–H groups in total. The first-order chi connectivity index (χ1) is 7.58.